The molecule has 2 heteroatoms. The molecular formula is C17H33NO. The predicted molar refractivity (Wildman–Crippen MR) is 84.3 cm³/mol. The van der Waals surface area contributed by atoms with Crippen molar-refractivity contribution >= 4 is 5.78 Å². The van der Waals surface area contributed by atoms with Crippen LogP contribution in [0.25, 0.3) is 0 Å². The summed E-state index contributed by atoms with van der Waals surface area (Å²) in [6.07, 6.45) is 15.4. The number of hydrogen-bond donors (Lipinski definition) is 1. The van der Waals surface area contributed by atoms with Crippen LogP contribution in [0.3, 0.4) is 0 Å². The molecule has 0 radical (unpaired) electrons. The molecule has 0 rings (SSSR count). The first kappa shape index (κ1) is 18.4. The van der Waals surface area contributed by atoms with Crippen molar-refractivity contribution in [3.63, 3.8) is 0 Å². The van der Waals surface area contributed by atoms with Crippen LogP contribution in [-0.2, 0) is 4.79 Å². The van der Waals surface area contributed by atoms with E-state index in [1.54, 1.807) is 0 Å². The van der Waals surface area contributed by atoms with E-state index < -0.39 is 0 Å². The summed E-state index contributed by atoms with van der Waals surface area (Å²) in [7, 11) is 0. The summed E-state index contributed by atoms with van der Waals surface area (Å²) >= 11 is 0. The van der Waals surface area contributed by atoms with E-state index in [0.29, 0.717) is 6.42 Å². The lowest BCUT2D eigenvalue weighted by atomic mass is 10.0. The summed E-state index contributed by atoms with van der Waals surface area (Å²) in [5, 5.41) is 0. The molecule has 0 heterocycles. The summed E-state index contributed by atoms with van der Waals surface area (Å²) in [5.74, 6) is 0.266. The molecule has 1 unspecified atom stereocenters. The SMILES string of the molecule is C=CCCCCCCCCC(=O)C(N)CCCCC. The number of unbranched alkanes of at least 4 members (excludes halogenated alkanes) is 8. The van der Waals surface area contributed by atoms with Gasteiger partial charge in [-0.1, -0.05) is 57.9 Å². The Bertz CT molecular complexity index is 225. The number of hydrogen-bond acceptors (Lipinski definition) is 2. The molecule has 0 aromatic rings. The van der Waals surface area contributed by atoms with Crippen LogP contribution in [0.2, 0.25) is 0 Å². The third-order valence-electron chi connectivity index (χ3n) is 3.61. The van der Waals surface area contributed by atoms with Crippen LogP contribution in [0.15, 0.2) is 12.7 Å². The normalized spacial score (nSPS) is 12.3. The average Bonchev–Trinajstić information content (AvgIpc) is 2.41. The number of carbonyl (C=O) groups excluding carboxylic acids is 1. The van der Waals surface area contributed by atoms with Gasteiger partial charge in [0.2, 0.25) is 0 Å². The van der Waals surface area contributed by atoms with Crippen LogP contribution in [0.4, 0.5) is 0 Å². The molecule has 0 aromatic heterocycles. The smallest absolute Gasteiger partial charge is 0.149 e. The van der Waals surface area contributed by atoms with E-state index >= 15 is 0 Å². The number of rotatable bonds is 14. The van der Waals surface area contributed by atoms with Gasteiger partial charge in [0.05, 0.1) is 6.04 Å². The van der Waals surface area contributed by atoms with Crippen molar-refractivity contribution < 1.29 is 4.79 Å². The highest BCUT2D eigenvalue weighted by Gasteiger charge is 2.11. The number of nitrogens with two attached hydrogens (primary N) is 1. The molecule has 0 aliphatic rings. The van der Waals surface area contributed by atoms with Crippen molar-refractivity contribution in [3.05, 3.63) is 12.7 Å². The minimum atomic E-state index is -0.209. The van der Waals surface area contributed by atoms with E-state index in [1.807, 2.05) is 6.08 Å². The monoisotopic (exact) mass is 267 g/mol. The molecule has 1 atom stereocenters. The standard InChI is InChI=1S/C17H33NO/c1-3-5-7-8-9-10-11-13-15-17(19)16(18)14-12-6-4-2/h3,16H,1,4-15,18H2,2H3. The highest BCUT2D eigenvalue weighted by atomic mass is 16.1. The fraction of sp³-hybridized carbons (Fsp3) is 0.824. The highest BCUT2D eigenvalue weighted by molar-refractivity contribution is 5.83. The number of Topliss-reactive ketones (excluding diaryl/α,β-unsaturated/α-hetero) is 1. The minimum absolute atomic E-state index is 0.209. The van der Waals surface area contributed by atoms with E-state index in [1.165, 1.54) is 44.9 Å². The van der Waals surface area contributed by atoms with Crippen molar-refractivity contribution in [2.24, 2.45) is 5.73 Å². The molecule has 0 aromatic carbocycles. The second-order valence-corrected chi connectivity index (χ2v) is 5.52. The molecule has 0 aliphatic carbocycles. The van der Waals surface area contributed by atoms with Gasteiger partial charge in [-0.3, -0.25) is 4.79 Å². The summed E-state index contributed by atoms with van der Waals surface area (Å²) in [6, 6.07) is -0.209. The van der Waals surface area contributed by atoms with Crippen LogP contribution in [0.1, 0.15) is 84.0 Å². The second kappa shape index (κ2) is 13.8. The first-order chi connectivity index (χ1) is 9.22. The lowest BCUT2D eigenvalue weighted by molar-refractivity contribution is -0.120. The van der Waals surface area contributed by atoms with Crippen LogP contribution in [-0.4, -0.2) is 11.8 Å². The van der Waals surface area contributed by atoms with Gasteiger partial charge >= 0.3 is 0 Å². The van der Waals surface area contributed by atoms with Gasteiger partial charge in [0.1, 0.15) is 5.78 Å². The van der Waals surface area contributed by atoms with Crippen LogP contribution < -0.4 is 5.73 Å². The highest BCUT2D eigenvalue weighted by Crippen LogP contribution is 2.11. The van der Waals surface area contributed by atoms with E-state index in [-0.39, 0.29) is 11.8 Å². The molecule has 0 aliphatic heterocycles. The van der Waals surface area contributed by atoms with Gasteiger partial charge in [0.25, 0.3) is 0 Å². The topological polar surface area (TPSA) is 43.1 Å². The predicted octanol–water partition coefficient (Wildman–Crippen LogP) is 4.77. The molecule has 0 amide bonds. The molecule has 0 bridgehead atoms. The zero-order valence-corrected chi connectivity index (χ0v) is 12.8. The number of carbonyl (C=O) groups is 1. The fourth-order valence-electron chi connectivity index (χ4n) is 2.26. The Morgan fingerprint density at radius 3 is 2.32 bits per heavy atom. The van der Waals surface area contributed by atoms with Crippen molar-refractivity contribution in [2.75, 3.05) is 0 Å². The van der Waals surface area contributed by atoms with Gasteiger partial charge in [-0.25, -0.2) is 0 Å². The zero-order valence-electron chi connectivity index (χ0n) is 12.8. The number of ketones is 1. The molecule has 112 valence electrons. The summed E-state index contributed by atoms with van der Waals surface area (Å²) in [5.41, 5.74) is 5.89. The van der Waals surface area contributed by atoms with Crippen molar-refractivity contribution in [1.29, 1.82) is 0 Å². The molecule has 0 saturated heterocycles. The van der Waals surface area contributed by atoms with Gasteiger partial charge in [-0.2, -0.15) is 0 Å². The van der Waals surface area contributed by atoms with Crippen molar-refractivity contribution in [3.8, 4) is 0 Å². The van der Waals surface area contributed by atoms with E-state index in [2.05, 4.69) is 13.5 Å². The van der Waals surface area contributed by atoms with Crippen LogP contribution in [0.5, 0.6) is 0 Å². The molecule has 0 spiro atoms. The summed E-state index contributed by atoms with van der Waals surface area (Å²) in [4.78, 5) is 11.8. The van der Waals surface area contributed by atoms with Crippen molar-refractivity contribution in [2.45, 2.75) is 90.0 Å². The molecular weight excluding hydrogens is 234 g/mol. The Morgan fingerprint density at radius 1 is 1.05 bits per heavy atom. The Kier molecular flexibility index (Phi) is 13.3. The fourth-order valence-corrected chi connectivity index (χ4v) is 2.26. The maximum absolute atomic E-state index is 11.8. The maximum Gasteiger partial charge on any atom is 0.149 e. The van der Waals surface area contributed by atoms with Gasteiger partial charge in [-0.15, -0.1) is 6.58 Å². The van der Waals surface area contributed by atoms with Gasteiger partial charge in [0, 0.05) is 6.42 Å². The summed E-state index contributed by atoms with van der Waals surface area (Å²) < 4.78 is 0. The van der Waals surface area contributed by atoms with Gasteiger partial charge < -0.3 is 5.73 Å². The largest absolute Gasteiger partial charge is 0.322 e. The Balaban J connectivity index is 3.34. The Labute approximate surface area is 119 Å². The van der Waals surface area contributed by atoms with E-state index in [4.69, 9.17) is 5.73 Å². The number of allylic oxidation sites excluding steroid dienone is 1. The summed E-state index contributed by atoms with van der Waals surface area (Å²) in [6.45, 7) is 5.89. The average molecular weight is 267 g/mol. The molecule has 0 saturated carbocycles. The third-order valence-corrected chi connectivity index (χ3v) is 3.61. The van der Waals surface area contributed by atoms with Crippen molar-refractivity contribution in [1.82, 2.24) is 0 Å². The molecule has 2 N–H and O–H groups in total. The second-order valence-electron chi connectivity index (χ2n) is 5.52. The van der Waals surface area contributed by atoms with E-state index in [0.717, 1.165) is 25.7 Å². The van der Waals surface area contributed by atoms with E-state index in [9.17, 15) is 4.79 Å². The van der Waals surface area contributed by atoms with Crippen LogP contribution >= 0.6 is 0 Å². The Hall–Kier alpha value is -0.630. The lowest BCUT2D eigenvalue weighted by Crippen LogP contribution is -2.30. The maximum atomic E-state index is 11.8. The Morgan fingerprint density at radius 2 is 1.68 bits per heavy atom. The quantitative estimate of drug-likeness (QED) is 0.364. The first-order valence-corrected chi connectivity index (χ1v) is 8.11. The third kappa shape index (κ3) is 12.2. The zero-order chi connectivity index (χ0) is 14.3. The first-order valence-electron chi connectivity index (χ1n) is 8.11. The molecule has 0 fully saturated rings. The van der Waals surface area contributed by atoms with Gasteiger partial charge in [-0.05, 0) is 25.7 Å². The molecule has 19 heavy (non-hydrogen) atoms. The minimum Gasteiger partial charge on any atom is -0.322 e. The lowest BCUT2D eigenvalue weighted by Gasteiger charge is -2.09. The molecule has 2 nitrogen and oxygen atoms in total. The van der Waals surface area contributed by atoms with Gasteiger partial charge in [0.15, 0.2) is 0 Å². The van der Waals surface area contributed by atoms with Crippen LogP contribution in [0, 0.1) is 0 Å².